The lowest BCUT2D eigenvalue weighted by molar-refractivity contribution is -0.0506. The highest BCUT2D eigenvalue weighted by molar-refractivity contribution is 5.35. The summed E-state index contributed by atoms with van der Waals surface area (Å²) >= 11 is 0. The first-order chi connectivity index (χ1) is 9.66. The second kappa shape index (κ2) is 7.55. The largest absolute Gasteiger partial charge is 0.434 e. The van der Waals surface area contributed by atoms with Crippen molar-refractivity contribution >= 4 is 0 Å². The Morgan fingerprint density at radius 2 is 2.05 bits per heavy atom. The van der Waals surface area contributed by atoms with Crippen LogP contribution in [-0.2, 0) is 4.74 Å². The van der Waals surface area contributed by atoms with E-state index in [2.05, 4.69) is 10.1 Å². The zero-order valence-corrected chi connectivity index (χ0v) is 11.6. The van der Waals surface area contributed by atoms with E-state index in [9.17, 15) is 8.78 Å². The minimum absolute atomic E-state index is 0.0607. The molecule has 1 saturated carbocycles. The molecule has 1 aliphatic carbocycles. The maximum absolute atomic E-state index is 12.3. The minimum Gasteiger partial charge on any atom is -0.434 e. The quantitative estimate of drug-likeness (QED) is 0.706. The van der Waals surface area contributed by atoms with Gasteiger partial charge < -0.3 is 14.8 Å². The van der Waals surface area contributed by atoms with E-state index in [4.69, 9.17) is 4.74 Å². The molecule has 0 saturated heterocycles. The van der Waals surface area contributed by atoms with Crippen molar-refractivity contribution in [2.45, 2.75) is 32.4 Å². The van der Waals surface area contributed by atoms with Crippen LogP contribution in [0.15, 0.2) is 24.3 Å². The van der Waals surface area contributed by atoms with E-state index in [1.807, 2.05) is 13.0 Å². The fourth-order valence-corrected chi connectivity index (χ4v) is 2.03. The molecule has 0 radical (unpaired) electrons. The van der Waals surface area contributed by atoms with Gasteiger partial charge in [-0.1, -0.05) is 18.2 Å². The lowest BCUT2D eigenvalue weighted by Crippen LogP contribution is -2.24. The van der Waals surface area contributed by atoms with E-state index in [0.29, 0.717) is 13.2 Å². The summed E-state index contributed by atoms with van der Waals surface area (Å²) in [4.78, 5) is 0. The Morgan fingerprint density at radius 1 is 1.30 bits per heavy atom. The van der Waals surface area contributed by atoms with Gasteiger partial charge in [0.1, 0.15) is 5.75 Å². The van der Waals surface area contributed by atoms with Gasteiger partial charge in [0.25, 0.3) is 0 Å². The van der Waals surface area contributed by atoms with Crippen molar-refractivity contribution in [1.29, 1.82) is 0 Å². The monoisotopic (exact) mass is 285 g/mol. The Balaban J connectivity index is 1.76. The smallest absolute Gasteiger partial charge is 0.387 e. The fraction of sp³-hybridized carbons (Fsp3) is 0.600. The molecule has 3 nitrogen and oxygen atoms in total. The number of hydrogen-bond acceptors (Lipinski definition) is 3. The summed E-state index contributed by atoms with van der Waals surface area (Å²) < 4.78 is 34.7. The second-order valence-electron chi connectivity index (χ2n) is 5.11. The van der Waals surface area contributed by atoms with Gasteiger partial charge in [-0.2, -0.15) is 8.78 Å². The molecule has 2 rings (SSSR count). The van der Waals surface area contributed by atoms with Gasteiger partial charge in [0.2, 0.25) is 0 Å². The molecule has 112 valence electrons. The van der Waals surface area contributed by atoms with Crippen LogP contribution in [-0.4, -0.2) is 26.4 Å². The number of benzene rings is 1. The molecule has 1 aromatic rings. The third-order valence-corrected chi connectivity index (χ3v) is 3.35. The predicted molar refractivity (Wildman–Crippen MR) is 73.0 cm³/mol. The van der Waals surface area contributed by atoms with Crippen molar-refractivity contribution < 1.29 is 18.3 Å². The van der Waals surface area contributed by atoms with Crippen LogP contribution >= 0.6 is 0 Å². The van der Waals surface area contributed by atoms with Gasteiger partial charge in [-0.3, -0.25) is 0 Å². The number of para-hydroxylation sites is 1. The zero-order chi connectivity index (χ0) is 14.4. The molecule has 0 spiro atoms. The molecule has 0 bridgehead atoms. The topological polar surface area (TPSA) is 30.5 Å². The van der Waals surface area contributed by atoms with Crippen LogP contribution in [0.25, 0.3) is 0 Å². The first-order valence-corrected chi connectivity index (χ1v) is 7.01. The van der Waals surface area contributed by atoms with Crippen LogP contribution in [0.2, 0.25) is 0 Å². The molecule has 0 amide bonds. The normalized spacial score (nSPS) is 16.4. The van der Waals surface area contributed by atoms with Gasteiger partial charge in [-0.05, 0) is 31.7 Å². The molecule has 1 atom stereocenters. The maximum atomic E-state index is 12.3. The van der Waals surface area contributed by atoms with E-state index in [0.717, 1.165) is 18.1 Å². The number of halogens is 2. The summed E-state index contributed by atoms with van der Waals surface area (Å²) in [5.74, 6) is 0.981. The number of nitrogens with one attached hydrogen (secondary N) is 1. The van der Waals surface area contributed by atoms with Gasteiger partial charge in [-0.15, -0.1) is 0 Å². The van der Waals surface area contributed by atoms with Gasteiger partial charge >= 0.3 is 6.61 Å². The maximum Gasteiger partial charge on any atom is 0.387 e. The lowest BCUT2D eigenvalue weighted by atomic mass is 10.1. The van der Waals surface area contributed by atoms with Crippen molar-refractivity contribution in [2.75, 3.05) is 19.8 Å². The Morgan fingerprint density at radius 3 is 2.75 bits per heavy atom. The number of alkyl halides is 2. The summed E-state index contributed by atoms with van der Waals surface area (Å²) in [7, 11) is 0. The Kier molecular flexibility index (Phi) is 5.73. The third kappa shape index (κ3) is 5.06. The molecule has 20 heavy (non-hydrogen) atoms. The van der Waals surface area contributed by atoms with Crippen molar-refractivity contribution in [3.63, 3.8) is 0 Å². The zero-order valence-electron chi connectivity index (χ0n) is 11.6. The highest BCUT2D eigenvalue weighted by atomic mass is 19.3. The highest BCUT2D eigenvalue weighted by Gasteiger charge is 2.21. The molecular weight excluding hydrogens is 264 g/mol. The van der Waals surface area contributed by atoms with Crippen molar-refractivity contribution in [3.05, 3.63) is 29.8 Å². The van der Waals surface area contributed by atoms with Crippen LogP contribution in [0.1, 0.15) is 31.4 Å². The first-order valence-electron chi connectivity index (χ1n) is 7.01. The average molecular weight is 285 g/mol. The SMILES string of the molecule is CC(NCCOCC1CC1)c1ccccc1OC(F)F. The summed E-state index contributed by atoms with van der Waals surface area (Å²) in [6.07, 6.45) is 2.56. The number of rotatable bonds is 9. The number of hydrogen-bond donors (Lipinski definition) is 1. The predicted octanol–water partition coefficient (Wildman–Crippen LogP) is 3.37. The minimum atomic E-state index is -2.80. The van der Waals surface area contributed by atoms with E-state index in [1.54, 1.807) is 18.2 Å². The van der Waals surface area contributed by atoms with Crippen LogP contribution in [0.3, 0.4) is 0 Å². The van der Waals surface area contributed by atoms with Crippen molar-refractivity contribution in [2.24, 2.45) is 5.92 Å². The Hall–Kier alpha value is -1.20. The van der Waals surface area contributed by atoms with Gasteiger partial charge in [0.05, 0.1) is 6.61 Å². The van der Waals surface area contributed by atoms with Crippen molar-refractivity contribution in [3.8, 4) is 5.75 Å². The summed E-state index contributed by atoms with van der Waals surface area (Å²) in [5, 5.41) is 3.26. The standard InChI is InChI=1S/C15H21F2NO2/c1-11(18-8-9-19-10-12-6-7-12)13-4-2-3-5-14(13)20-15(16)17/h2-5,11-12,15,18H,6-10H2,1H3. The molecule has 1 aliphatic rings. The van der Waals surface area contributed by atoms with Crippen LogP contribution < -0.4 is 10.1 Å². The Labute approximate surface area is 118 Å². The van der Waals surface area contributed by atoms with Crippen LogP contribution in [0, 0.1) is 5.92 Å². The van der Waals surface area contributed by atoms with Gasteiger partial charge in [-0.25, -0.2) is 0 Å². The molecule has 1 aromatic carbocycles. The summed E-state index contributed by atoms with van der Waals surface area (Å²) in [6.45, 7) is 1.29. The fourth-order valence-electron chi connectivity index (χ4n) is 2.03. The molecule has 0 aromatic heterocycles. The molecule has 1 fully saturated rings. The van der Waals surface area contributed by atoms with E-state index in [1.165, 1.54) is 12.8 Å². The number of ether oxygens (including phenoxy) is 2. The molecule has 0 heterocycles. The van der Waals surface area contributed by atoms with Gasteiger partial charge in [0, 0.05) is 24.8 Å². The first kappa shape index (κ1) is 15.2. The third-order valence-electron chi connectivity index (χ3n) is 3.35. The lowest BCUT2D eigenvalue weighted by Gasteiger charge is -2.18. The molecule has 1 unspecified atom stereocenters. The molecule has 0 aliphatic heterocycles. The molecule has 1 N–H and O–H groups in total. The molecule has 5 heteroatoms. The molecular formula is C15H21F2NO2. The van der Waals surface area contributed by atoms with E-state index in [-0.39, 0.29) is 11.8 Å². The van der Waals surface area contributed by atoms with E-state index >= 15 is 0 Å². The van der Waals surface area contributed by atoms with Gasteiger partial charge in [0.15, 0.2) is 0 Å². The van der Waals surface area contributed by atoms with Crippen LogP contribution in [0.4, 0.5) is 8.78 Å². The Bertz CT molecular complexity index is 411. The van der Waals surface area contributed by atoms with Crippen molar-refractivity contribution in [1.82, 2.24) is 5.32 Å². The van der Waals surface area contributed by atoms with E-state index < -0.39 is 6.61 Å². The second-order valence-corrected chi connectivity index (χ2v) is 5.11. The summed E-state index contributed by atoms with van der Waals surface area (Å²) in [6, 6.07) is 6.79. The summed E-state index contributed by atoms with van der Waals surface area (Å²) in [5.41, 5.74) is 0.731. The average Bonchev–Trinajstić information content (AvgIpc) is 3.22. The highest BCUT2D eigenvalue weighted by Crippen LogP contribution is 2.28. The van der Waals surface area contributed by atoms with Crippen LogP contribution in [0.5, 0.6) is 5.75 Å².